The van der Waals surface area contributed by atoms with Gasteiger partial charge in [0.15, 0.2) is 0 Å². The third kappa shape index (κ3) is 4.82. The van der Waals surface area contributed by atoms with E-state index in [1.807, 2.05) is 0 Å². The number of carbonyl (C=O) groups is 1. The quantitative estimate of drug-likeness (QED) is 0.762. The van der Waals surface area contributed by atoms with E-state index in [1.165, 1.54) is 18.2 Å². The number of hydrogen-bond acceptors (Lipinski definition) is 3. The van der Waals surface area contributed by atoms with E-state index in [0.29, 0.717) is 23.8 Å². The van der Waals surface area contributed by atoms with Crippen LogP contribution in [0, 0.1) is 0 Å². The molecule has 0 saturated carbocycles. The second-order valence-corrected chi connectivity index (χ2v) is 9.20. The number of carbonyl (C=O) groups excluding carboxylic acids is 1. The lowest BCUT2D eigenvalue weighted by atomic mass is 10.2. The molecule has 5 nitrogen and oxygen atoms in total. The van der Waals surface area contributed by atoms with Crippen LogP contribution in [0.4, 0.5) is 5.69 Å². The summed E-state index contributed by atoms with van der Waals surface area (Å²) in [7, 11) is -3.51. The van der Waals surface area contributed by atoms with Crippen molar-refractivity contribution in [1.82, 2.24) is 4.31 Å². The number of hydrogen-bond donors (Lipinski definition) is 1. The first-order chi connectivity index (χ1) is 12.9. The van der Waals surface area contributed by atoms with Gasteiger partial charge < -0.3 is 5.32 Å². The van der Waals surface area contributed by atoms with Gasteiger partial charge in [0.25, 0.3) is 5.91 Å². The molecular formula is C19H20Cl2N2O3S. The summed E-state index contributed by atoms with van der Waals surface area (Å²) >= 11 is 11.9. The summed E-state index contributed by atoms with van der Waals surface area (Å²) < 4.78 is 27.1. The number of nitrogens with zero attached hydrogens (tertiary/aromatic N) is 1. The smallest absolute Gasteiger partial charge is 0.257 e. The van der Waals surface area contributed by atoms with Crippen molar-refractivity contribution < 1.29 is 13.2 Å². The van der Waals surface area contributed by atoms with E-state index in [-0.39, 0.29) is 15.5 Å². The summed E-state index contributed by atoms with van der Waals surface area (Å²) in [5, 5.41) is 3.40. The number of amides is 1. The number of halogens is 2. The Hall–Kier alpha value is -1.60. The molecule has 8 heteroatoms. The van der Waals surface area contributed by atoms with Crippen molar-refractivity contribution >= 4 is 44.8 Å². The monoisotopic (exact) mass is 426 g/mol. The maximum atomic E-state index is 12.8. The molecular weight excluding hydrogens is 407 g/mol. The van der Waals surface area contributed by atoms with Crippen molar-refractivity contribution in [2.24, 2.45) is 0 Å². The molecule has 27 heavy (non-hydrogen) atoms. The molecule has 1 aliphatic heterocycles. The minimum Gasteiger partial charge on any atom is -0.322 e. The molecule has 2 aromatic carbocycles. The van der Waals surface area contributed by atoms with Crippen molar-refractivity contribution in [2.45, 2.75) is 30.6 Å². The normalized spacial score (nSPS) is 15.9. The van der Waals surface area contributed by atoms with Crippen molar-refractivity contribution in [3.05, 3.63) is 58.1 Å². The highest BCUT2D eigenvalue weighted by Crippen LogP contribution is 2.24. The molecule has 144 valence electrons. The number of anilines is 1. The van der Waals surface area contributed by atoms with Crippen LogP contribution in [-0.2, 0) is 10.0 Å². The van der Waals surface area contributed by atoms with E-state index in [4.69, 9.17) is 23.2 Å². The Morgan fingerprint density at radius 2 is 1.56 bits per heavy atom. The number of nitrogens with one attached hydrogen (secondary N) is 1. The van der Waals surface area contributed by atoms with Gasteiger partial charge in [-0.3, -0.25) is 4.79 Å². The van der Waals surface area contributed by atoms with Crippen molar-refractivity contribution in [2.75, 3.05) is 18.4 Å². The van der Waals surface area contributed by atoms with E-state index in [0.717, 1.165) is 25.7 Å². The number of rotatable bonds is 4. The van der Waals surface area contributed by atoms with Crippen LogP contribution in [0.15, 0.2) is 47.4 Å². The lowest BCUT2D eigenvalue weighted by Crippen LogP contribution is -2.31. The van der Waals surface area contributed by atoms with E-state index in [1.54, 1.807) is 28.6 Å². The maximum absolute atomic E-state index is 12.8. The van der Waals surface area contributed by atoms with Crippen LogP contribution in [0.25, 0.3) is 0 Å². The van der Waals surface area contributed by atoms with Gasteiger partial charge in [0.05, 0.1) is 15.5 Å². The molecule has 0 unspecified atom stereocenters. The Balaban J connectivity index is 1.75. The second kappa shape index (κ2) is 8.61. The Labute approximate surface area is 169 Å². The Morgan fingerprint density at radius 1 is 0.926 bits per heavy atom. The Morgan fingerprint density at radius 3 is 2.19 bits per heavy atom. The standard InChI is InChI=1S/C19H20Cl2N2O3S/c20-14-5-10-18(21)17(13-14)19(24)22-15-6-8-16(9-7-15)27(25,26)23-11-3-1-2-4-12-23/h5-10,13H,1-4,11-12H2,(H,22,24). The summed E-state index contributed by atoms with van der Waals surface area (Å²) in [5.41, 5.74) is 0.733. The summed E-state index contributed by atoms with van der Waals surface area (Å²) in [5.74, 6) is -0.411. The molecule has 0 aliphatic carbocycles. The minimum atomic E-state index is -3.51. The highest BCUT2D eigenvalue weighted by molar-refractivity contribution is 7.89. The topological polar surface area (TPSA) is 66.5 Å². The highest BCUT2D eigenvalue weighted by atomic mass is 35.5. The van der Waals surface area contributed by atoms with Crippen LogP contribution in [0.3, 0.4) is 0 Å². The van der Waals surface area contributed by atoms with E-state index in [2.05, 4.69) is 5.32 Å². The number of benzene rings is 2. The van der Waals surface area contributed by atoms with Gasteiger partial charge in [-0.1, -0.05) is 36.0 Å². The predicted molar refractivity (Wildman–Crippen MR) is 108 cm³/mol. The van der Waals surface area contributed by atoms with E-state index < -0.39 is 15.9 Å². The molecule has 0 bridgehead atoms. The lowest BCUT2D eigenvalue weighted by Gasteiger charge is -2.20. The Kier molecular flexibility index (Phi) is 6.42. The molecule has 0 aromatic heterocycles. The van der Waals surface area contributed by atoms with Gasteiger partial charge in [-0.05, 0) is 55.3 Å². The van der Waals surface area contributed by atoms with Gasteiger partial charge in [-0.15, -0.1) is 0 Å². The van der Waals surface area contributed by atoms with E-state index in [9.17, 15) is 13.2 Å². The molecule has 1 N–H and O–H groups in total. The fourth-order valence-corrected chi connectivity index (χ4v) is 4.90. The summed E-state index contributed by atoms with van der Waals surface area (Å²) in [6.07, 6.45) is 3.88. The first-order valence-corrected chi connectivity index (χ1v) is 10.9. The summed E-state index contributed by atoms with van der Waals surface area (Å²) in [6.45, 7) is 1.10. The summed E-state index contributed by atoms with van der Waals surface area (Å²) in [6, 6.07) is 10.8. The first-order valence-electron chi connectivity index (χ1n) is 8.74. The molecule has 3 rings (SSSR count). The van der Waals surface area contributed by atoms with Gasteiger partial charge in [0.2, 0.25) is 10.0 Å². The van der Waals surface area contributed by atoms with Crippen LogP contribution in [-0.4, -0.2) is 31.7 Å². The zero-order valence-electron chi connectivity index (χ0n) is 14.6. The maximum Gasteiger partial charge on any atom is 0.257 e. The predicted octanol–water partition coefficient (Wildman–Crippen LogP) is 4.81. The molecule has 0 radical (unpaired) electrons. The molecule has 2 aromatic rings. The third-order valence-electron chi connectivity index (χ3n) is 4.49. The molecule has 0 spiro atoms. The molecule has 1 heterocycles. The van der Waals surface area contributed by atoms with E-state index >= 15 is 0 Å². The van der Waals surface area contributed by atoms with Crippen LogP contribution >= 0.6 is 23.2 Å². The van der Waals surface area contributed by atoms with Gasteiger partial charge >= 0.3 is 0 Å². The van der Waals surface area contributed by atoms with Gasteiger partial charge in [-0.2, -0.15) is 4.31 Å². The van der Waals surface area contributed by atoms with Gasteiger partial charge in [0.1, 0.15) is 0 Å². The van der Waals surface area contributed by atoms with Crippen LogP contribution in [0.5, 0.6) is 0 Å². The van der Waals surface area contributed by atoms with Crippen LogP contribution in [0.1, 0.15) is 36.0 Å². The lowest BCUT2D eigenvalue weighted by molar-refractivity contribution is 0.102. The van der Waals surface area contributed by atoms with Crippen molar-refractivity contribution in [1.29, 1.82) is 0 Å². The molecule has 1 amide bonds. The third-order valence-corrected chi connectivity index (χ3v) is 6.97. The van der Waals surface area contributed by atoms with Gasteiger partial charge in [-0.25, -0.2) is 8.42 Å². The highest BCUT2D eigenvalue weighted by Gasteiger charge is 2.25. The van der Waals surface area contributed by atoms with Crippen molar-refractivity contribution in [3.63, 3.8) is 0 Å². The zero-order valence-corrected chi connectivity index (χ0v) is 16.9. The second-order valence-electron chi connectivity index (χ2n) is 6.42. The zero-order chi connectivity index (χ0) is 19.4. The minimum absolute atomic E-state index is 0.225. The van der Waals surface area contributed by atoms with Gasteiger partial charge in [0, 0.05) is 23.8 Å². The molecule has 1 saturated heterocycles. The average Bonchev–Trinajstić information content (AvgIpc) is 2.94. The largest absolute Gasteiger partial charge is 0.322 e. The Bertz CT molecular complexity index is 922. The number of sulfonamides is 1. The van der Waals surface area contributed by atoms with Crippen LogP contribution in [0.2, 0.25) is 10.0 Å². The van der Waals surface area contributed by atoms with Crippen molar-refractivity contribution in [3.8, 4) is 0 Å². The average molecular weight is 427 g/mol. The molecule has 1 fully saturated rings. The summed E-state index contributed by atoms with van der Waals surface area (Å²) in [4.78, 5) is 12.6. The fraction of sp³-hybridized carbons (Fsp3) is 0.316. The van der Waals surface area contributed by atoms with Crippen LogP contribution < -0.4 is 5.32 Å². The SMILES string of the molecule is O=C(Nc1ccc(S(=O)(=O)N2CCCCCC2)cc1)c1cc(Cl)ccc1Cl. The fourth-order valence-electron chi connectivity index (χ4n) is 3.01. The first kappa shape index (κ1) is 20.1. The molecule has 1 aliphatic rings. The molecule has 0 atom stereocenters.